The van der Waals surface area contributed by atoms with Crippen molar-refractivity contribution >= 4 is 0 Å². The zero-order chi connectivity index (χ0) is 28.9. The van der Waals surface area contributed by atoms with E-state index < -0.39 is 0 Å². The monoisotopic (exact) mass is 565 g/mol. The molecule has 4 heteroatoms. The molecule has 0 fully saturated rings. The first-order chi connectivity index (χ1) is 19.8. The van der Waals surface area contributed by atoms with Crippen molar-refractivity contribution in [2.45, 2.75) is 168 Å². The predicted octanol–water partition coefficient (Wildman–Crippen LogP) is 12.0. The summed E-state index contributed by atoms with van der Waals surface area (Å²) in [7, 11) is 0. The molecular formula is C36H68O4. The Balaban J connectivity index is 2.71. The molecule has 0 radical (unpaired) electrons. The Kier molecular flexibility index (Phi) is 26.6. The Morgan fingerprint density at radius 2 is 0.975 bits per heavy atom. The van der Waals surface area contributed by atoms with Crippen molar-refractivity contribution in [2.75, 3.05) is 13.2 Å². The van der Waals surface area contributed by atoms with Crippen LogP contribution in [0.1, 0.15) is 168 Å². The van der Waals surface area contributed by atoms with Crippen LogP contribution < -0.4 is 0 Å². The second kappa shape index (κ2) is 28.4. The third-order valence-electron chi connectivity index (χ3n) is 9.16. The number of rotatable bonds is 29. The van der Waals surface area contributed by atoms with Gasteiger partial charge < -0.3 is 0 Å². The van der Waals surface area contributed by atoms with Crippen LogP contribution in [0.5, 0.6) is 0 Å². The van der Waals surface area contributed by atoms with E-state index in [9.17, 15) is 0 Å². The van der Waals surface area contributed by atoms with Crippen molar-refractivity contribution in [1.82, 2.24) is 0 Å². The van der Waals surface area contributed by atoms with Gasteiger partial charge in [0.2, 0.25) is 0 Å². The predicted molar refractivity (Wildman–Crippen MR) is 172 cm³/mol. The lowest BCUT2D eigenvalue weighted by molar-refractivity contribution is -0.242. The Morgan fingerprint density at radius 1 is 0.525 bits per heavy atom. The molecule has 40 heavy (non-hydrogen) atoms. The first kappa shape index (κ1) is 37.3. The summed E-state index contributed by atoms with van der Waals surface area (Å²) in [5.41, 5.74) is 0. The van der Waals surface area contributed by atoms with Crippen LogP contribution in [0.3, 0.4) is 0 Å². The van der Waals surface area contributed by atoms with E-state index in [0.717, 1.165) is 37.5 Å². The van der Waals surface area contributed by atoms with Crippen LogP contribution in [-0.2, 0) is 9.78 Å². The zero-order valence-corrected chi connectivity index (χ0v) is 26.7. The number of hydrogen-bond acceptors (Lipinski definition) is 4. The lowest BCUT2D eigenvalue weighted by Gasteiger charge is -2.39. The summed E-state index contributed by atoms with van der Waals surface area (Å²) in [6.07, 6.45) is 41.4. The molecule has 0 aromatic heterocycles. The average Bonchev–Trinajstić information content (AvgIpc) is 2.97. The second-order valence-corrected chi connectivity index (χ2v) is 12.6. The van der Waals surface area contributed by atoms with E-state index in [1.165, 1.54) is 128 Å². The van der Waals surface area contributed by atoms with Crippen LogP contribution >= 0.6 is 0 Å². The van der Waals surface area contributed by atoms with E-state index in [2.05, 4.69) is 47.9 Å². The molecule has 4 nitrogen and oxygen atoms in total. The number of unbranched alkanes of at least 4 members (excludes halogenated alkanes) is 17. The van der Waals surface area contributed by atoms with Gasteiger partial charge >= 0.3 is 0 Å². The Morgan fingerprint density at radius 3 is 1.55 bits per heavy atom. The third-order valence-corrected chi connectivity index (χ3v) is 9.16. The smallest absolute Gasteiger partial charge is 0.0819 e. The minimum absolute atomic E-state index is 0.471. The lowest BCUT2D eigenvalue weighted by Crippen LogP contribution is -2.30. The first-order valence-corrected chi connectivity index (χ1v) is 17.7. The third kappa shape index (κ3) is 19.4. The molecule has 4 atom stereocenters. The molecular weight excluding hydrogens is 496 g/mol. The van der Waals surface area contributed by atoms with E-state index in [0.29, 0.717) is 25.0 Å². The molecule has 0 aliphatic heterocycles. The Hall–Kier alpha value is -0.680. The topological polar surface area (TPSA) is 58.9 Å². The van der Waals surface area contributed by atoms with Gasteiger partial charge in [-0.25, -0.2) is 9.78 Å². The van der Waals surface area contributed by atoms with E-state index in [4.69, 9.17) is 10.5 Å². The van der Waals surface area contributed by atoms with Gasteiger partial charge in [0.25, 0.3) is 0 Å². The van der Waals surface area contributed by atoms with Gasteiger partial charge in [0.1, 0.15) is 0 Å². The summed E-state index contributed by atoms with van der Waals surface area (Å²) in [5.74, 6) is 3.00. The second-order valence-electron chi connectivity index (χ2n) is 12.6. The summed E-state index contributed by atoms with van der Waals surface area (Å²) in [5, 5.41) is 16.9. The molecule has 2 N–H and O–H groups in total. The maximum absolute atomic E-state index is 8.50. The molecule has 0 aromatic carbocycles. The Labute approximate surface area is 249 Å². The van der Waals surface area contributed by atoms with Gasteiger partial charge in [-0.2, -0.15) is 0 Å². The van der Waals surface area contributed by atoms with Gasteiger partial charge in [-0.1, -0.05) is 147 Å². The van der Waals surface area contributed by atoms with Crippen LogP contribution in [0.15, 0.2) is 24.3 Å². The number of allylic oxidation sites excluding steroid dienone is 4. The van der Waals surface area contributed by atoms with Crippen molar-refractivity contribution in [3.8, 4) is 0 Å². The molecule has 236 valence electrons. The lowest BCUT2D eigenvalue weighted by atomic mass is 9.66. The maximum atomic E-state index is 8.50. The summed E-state index contributed by atoms with van der Waals surface area (Å²) in [6.45, 7) is 5.59. The molecule has 3 unspecified atom stereocenters. The summed E-state index contributed by atoms with van der Waals surface area (Å²) < 4.78 is 0. The molecule has 1 rings (SSSR count). The fourth-order valence-electron chi connectivity index (χ4n) is 6.71. The van der Waals surface area contributed by atoms with Crippen molar-refractivity contribution in [2.24, 2.45) is 23.7 Å². The minimum atomic E-state index is 0.471. The van der Waals surface area contributed by atoms with E-state index in [1.54, 1.807) is 0 Å². The molecule has 0 saturated heterocycles. The summed E-state index contributed by atoms with van der Waals surface area (Å²) >= 11 is 0. The molecule has 1 aliphatic carbocycles. The summed E-state index contributed by atoms with van der Waals surface area (Å²) in [6, 6.07) is 0. The highest BCUT2D eigenvalue weighted by molar-refractivity contribution is 5.10. The van der Waals surface area contributed by atoms with Crippen LogP contribution in [-0.4, -0.2) is 23.7 Å². The van der Waals surface area contributed by atoms with Crippen LogP contribution in [0.2, 0.25) is 0 Å². The van der Waals surface area contributed by atoms with Gasteiger partial charge in [-0.3, -0.25) is 10.5 Å². The highest BCUT2D eigenvalue weighted by Crippen LogP contribution is 2.43. The van der Waals surface area contributed by atoms with Crippen molar-refractivity contribution < 1.29 is 20.3 Å². The van der Waals surface area contributed by atoms with E-state index in [-0.39, 0.29) is 0 Å². The standard InChI is InChI=1S/C36H68O4/c1-3-5-7-19-25-33-29-30-34(26-20-15-12-14-18-24-32-40-38)36(35(33)27-21-8-6-4-2)28-22-16-11-9-10-13-17-23-31-39-37/h22,28-30,33-38H,3-21,23-27,31-32H2,1-2H3/b28-22-/t33?,34-,35?,36?/m1/s1. The molecule has 0 heterocycles. The molecule has 0 saturated carbocycles. The van der Waals surface area contributed by atoms with Gasteiger partial charge in [-0.15, -0.1) is 0 Å². The van der Waals surface area contributed by atoms with E-state index >= 15 is 0 Å². The van der Waals surface area contributed by atoms with Gasteiger partial charge in [0.05, 0.1) is 13.2 Å². The molecule has 0 aromatic rings. The normalized spacial score (nSPS) is 21.1. The van der Waals surface area contributed by atoms with Crippen molar-refractivity contribution in [3.63, 3.8) is 0 Å². The molecule has 1 aliphatic rings. The van der Waals surface area contributed by atoms with E-state index in [1.807, 2.05) is 0 Å². The SMILES string of the molecule is CCCCCCC1C=C[C@@H](CCCCCCCCOO)C(/C=C\CCCCCCCCOO)C1CCCCCC. The molecule has 0 amide bonds. The quantitative estimate of drug-likeness (QED) is 0.0410. The highest BCUT2D eigenvalue weighted by Gasteiger charge is 2.33. The van der Waals surface area contributed by atoms with Gasteiger partial charge in [0.15, 0.2) is 0 Å². The fourth-order valence-corrected chi connectivity index (χ4v) is 6.71. The minimum Gasteiger partial charge on any atom is -0.252 e. The van der Waals surface area contributed by atoms with Crippen LogP contribution in [0.4, 0.5) is 0 Å². The Bertz CT molecular complexity index is 575. The van der Waals surface area contributed by atoms with Crippen LogP contribution in [0.25, 0.3) is 0 Å². The summed E-state index contributed by atoms with van der Waals surface area (Å²) in [4.78, 5) is 8.39. The average molecular weight is 565 g/mol. The molecule has 0 spiro atoms. The van der Waals surface area contributed by atoms with Crippen molar-refractivity contribution in [1.29, 1.82) is 0 Å². The van der Waals surface area contributed by atoms with Gasteiger partial charge in [0, 0.05) is 0 Å². The molecule has 0 bridgehead atoms. The number of hydrogen-bond donors (Lipinski definition) is 2. The van der Waals surface area contributed by atoms with Crippen LogP contribution in [0, 0.1) is 23.7 Å². The fraction of sp³-hybridized carbons (Fsp3) is 0.889. The van der Waals surface area contributed by atoms with Crippen molar-refractivity contribution in [3.05, 3.63) is 24.3 Å². The van der Waals surface area contributed by atoms with Gasteiger partial charge in [-0.05, 0) is 68.6 Å². The maximum Gasteiger partial charge on any atom is 0.0819 e. The first-order valence-electron chi connectivity index (χ1n) is 17.7. The highest BCUT2D eigenvalue weighted by atomic mass is 17.1. The zero-order valence-electron chi connectivity index (χ0n) is 26.7. The largest absolute Gasteiger partial charge is 0.252 e.